The molecule has 1 aromatic carbocycles. The molecule has 0 aliphatic heterocycles. The van der Waals surface area contributed by atoms with E-state index in [1.807, 2.05) is 19.1 Å². The molecule has 84 valence electrons. The number of hydrogen-bond acceptors (Lipinski definition) is 3. The van der Waals surface area contributed by atoms with E-state index in [1.165, 1.54) is 5.56 Å². The van der Waals surface area contributed by atoms with Crippen molar-refractivity contribution in [1.29, 1.82) is 0 Å². The molecule has 2 aromatic rings. The summed E-state index contributed by atoms with van der Waals surface area (Å²) in [4.78, 5) is 5.53. The fourth-order valence-corrected chi connectivity index (χ4v) is 2.90. The minimum Gasteiger partial charge on any atom is -0.390 e. The number of aliphatic hydroxyl groups excluding tert-OH is 1. The average Bonchev–Trinajstić information content (AvgIpc) is 2.63. The highest BCUT2D eigenvalue weighted by Crippen LogP contribution is 2.32. The second-order valence-corrected chi connectivity index (χ2v) is 5.65. The average molecular weight is 298 g/mol. The number of nitrogens with zero attached hydrogens (tertiary/aromatic N) is 1. The molecule has 0 aliphatic rings. The molecule has 0 bridgehead atoms. The van der Waals surface area contributed by atoms with E-state index in [0.29, 0.717) is 0 Å². The SMILES string of the molecule is Cc1sc(-c2cccc(Br)c2C)nc1CO. The van der Waals surface area contributed by atoms with Gasteiger partial charge in [-0.25, -0.2) is 4.98 Å². The van der Waals surface area contributed by atoms with Crippen LogP contribution in [0.1, 0.15) is 16.1 Å². The second-order valence-electron chi connectivity index (χ2n) is 3.59. The first-order chi connectivity index (χ1) is 7.63. The summed E-state index contributed by atoms with van der Waals surface area (Å²) in [5, 5.41) is 10.1. The lowest BCUT2D eigenvalue weighted by molar-refractivity contribution is 0.277. The fourth-order valence-electron chi connectivity index (χ4n) is 1.53. The van der Waals surface area contributed by atoms with Crippen LogP contribution in [-0.4, -0.2) is 10.1 Å². The van der Waals surface area contributed by atoms with E-state index in [4.69, 9.17) is 5.11 Å². The van der Waals surface area contributed by atoms with Gasteiger partial charge >= 0.3 is 0 Å². The van der Waals surface area contributed by atoms with Crippen molar-refractivity contribution in [3.63, 3.8) is 0 Å². The largest absolute Gasteiger partial charge is 0.390 e. The number of halogens is 1. The molecule has 2 nitrogen and oxygen atoms in total. The normalized spacial score (nSPS) is 10.8. The maximum atomic E-state index is 9.14. The minimum absolute atomic E-state index is 0.00931. The Bertz CT molecular complexity index is 522. The lowest BCUT2D eigenvalue weighted by atomic mass is 10.1. The first kappa shape index (κ1) is 11.8. The smallest absolute Gasteiger partial charge is 0.124 e. The molecule has 1 heterocycles. The van der Waals surface area contributed by atoms with Crippen molar-refractivity contribution < 1.29 is 5.11 Å². The van der Waals surface area contributed by atoms with Crippen molar-refractivity contribution in [3.05, 3.63) is 38.8 Å². The molecular formula is C12H12BrNOS. The highest BCUT2D eigenvalue weighted by molar-refractivity contribution is 9.10. The third kappa shape index (κ3) is 2.05. The molecule has 0 atom stereocenters. The number of aliphatic hydroxyl groups is 1. The number of aromatic nitrogens is 1. The quantitative estimate of drug-likeness (QED) is 0.917. The van der Waals surface area contributed by atoms with E-state index in [0.717, 1.165) is 25.6 Å². The van der Waals surface area contributed by atoms with Crippen LogP contribution in [0.4, 0.5) is 0 Å². The van der Waals surface area contributed by atoms with Crippen LogP contribution in [0.25, 0.3) is 10.6 Å². The third-order valence-corrected chi connectivity index (χ3v) is 4.45. The molecule has 1 aromatic heterocycles. The van der Waals surface area contributed by atoms with Crippen molar-refractivity contribution >= 4 is 27.3 Å². The van der Waals surface area contributed by atoms with Gasteiger partial charge in [-0.15, -0.1) is 11.3 Å². The van der Waals surface area contributed by atoms with Gasteiger partial charge in [0.1, 0.15) is 5.01 Å². The summed E-state index contributed by atoms with van der Waals surface area (Å²) >= 11 is 5.14. The molecule has 4 heteroatoms. The Kier molecular flexibility index (Phi) is 3.42. The molecular weight excluding hydrogens is 286 g/mol. The summed E-state index contributed by atoms with van der Waals surface area (Å²) in [6.45, 7) is 4.06. The van der Waals surface area contributed by atoms with E-state index >= 15 is 0 Å². The molecule has 1 N–H and O–H groups in total. The van der Waals surface area contributed by atoms with Crippen LogP contribution in [0.3, 0.4) is 0 Å². The van der Waals surface area contributed by atoms with Crippen molar-refractivity contribution in [2.24, 2.45) is 0 Å². The first-order valence-corrected chi connectivity index (χ1v) is 6.57. The Morgan fingerprint density at radius 1 is 1.38 bits per heavy atom. The fraction of sp³-hybridized carbons (Fsp3) is 0.250. The zero-order chi connectivity index (χ0) is 11.7. The summed E-state index contributed by atoms with van der Waals surface area (Å²) in [6.07, 6.45) is 0. The Morgan fingerprint density at radius 3 is 2.75 bits per heavy atom. The van der Waals surface area contributed by atoms with Gasteiger partial charge in [-0.05, 0) is 25.5 Å². The van der Waals surface area contributed by atoms with Crippen LogP contribution in [-0.2, 0) is 6.61 Å². The maximum absolute atomic E-state index is 9.14. The lowest BCUT2D eigenvalue weighted by Crippen LogP contribution is -1.87. The number of benzene rings is 1. The van der Waals surface area contributed by atoms with Gasteiger partial charge in [-0.1, -0.05) is 28.1 Å². The Labute approximate surface area is 107 Å². The summed E-state index contributed by atoms with van der Waals surface area (Å²) < 4.78 is 1.09. The van der Waals surface area contributed by atoms with Crippen molar-refractivity contribution in [1.82, 2.24) is 4.98 Å². The van der Waals surface area contributed by atoms with Gasteiger partial charge in [0.2, 0.25) is 0 Å². The highest BCUT2D eigenvalue weighted by atomic mass is 79.9. The van der Waals surface area contributed by atoms with E-state index in [-0.39, 0.29) is 6.61 Å². The van der Waals surface area contributed by atoms with E-state index in [1.54, 1.807) is 11.3 Å². The molecule has 0 saturated heterocycles. The monoisotopic (exact) mass is 297 g/mol. The van der Waals surface area contributed by atoms with Crippen LogP contribution in [0, 0.1) is 13.8 Å². The van der Waals surface area contributed by atoms with Crippen LogP contribution in [0.2, 0.25) is 0 Å². The zero-order valence-electron chi connectivity index (χ0n) is 9.12. The van der Waals surface area contributed by atoms with E-state index in [2.05, 4.69) is 33.9 Å². The molecule has 0 aliphatic carbocycles. The zero-order valence-corrected chi connectivity index (χ0v) is 11.5. The van der Waals surface area contributed by atoms with Gasteiger partial charge in [0.25, 0.3) is 0 Å². The third-order valence-electron chi connectivity index (χ3n) is 2.54. The molecule has 0 amide bonds. The Morgan fingerprint density at radius 2 is 2.12 bits per heavy atom. The van der Waals surface area contributed by atoms with Gasteiger partial charge < -0.3 is 5.11 Å². The van der Waals surface area contributed by atoms with E-state index in [9.17, 15) is 0 Å². The number of rotatable bonds is 2. The van der Waals surface area contributed by atoms with Crippen molar-refractivity contribution in [2.75, 3.05) is 0 Å². The first-order valence-electron chi connectivity index (χ1n) is 4.96. The number of thiazole rings is 1. The summed E-state index contributed by atoms with van der Waals surface area (Å²) in [7, 11) is 0. The van der Waals surface area contributed by atoms with Gasteiger partial charge in [0.05, 0.1) is 12.3 Å². The predicted octanol–water partition coefficient (Wildman–Crippen LogP) is 3.68. The van der Waals surface area contributed by atoms with Crippen molar-refractivity contribution in [3.8, 4) is 10.6 Å². The molecule has 0 radical (unpaired) electrons. The minimum atomic E-state index is 0.00931. The molecule has 0 spiro atoms. The Hall–Kier alpha value is -0.710. The summed E-state index contributed by atoms with van der Waals surface area (Å²) in [5.74, 6) is 0. The number of aryl methyl sites for hydroxylation is 1. The molecule has 0 saturated carbocycles. The lowest BCUT2D eigenvalue weighted by Gasteiger charge is -2.03. The van der Waals surface area contributed by atoms with Gasteiger partial charge in [-0.2, -0.15) is 0 Å². The molecule has 0 fully saturated rings. The van der Waals surface area contributed by atoms with Crippen LogP contribution >= 0.6 is 27.3 Å². The predicted molar refractivity (Wildman–Crippen MR) is 70.6 cm³/mol. The van der Waals surface area contributed by atoms with Gasteiger partial charge in [0, 0.05) is 14.9 Å². The van der Waals surface area contributed by atoms with E-state index < -0.39 is 0 Å². The summed E-state index contributed by atoms with van der Waals surface area (Å²) in [6, 6.07) is 6.08. The highest BCUT2D eigenvalue weighted by Gasteiger charge is 2.11. The molecule has 2 rings (SSSR count). The van der Waals surface area contributed by atoms with Gasteiger partial charge in [-0.3, -0.25) is 0 Å². The van der Waals surface area contributed by atoms with Gasteiger partial charge in [0.15, 0.2) is 0 Å². The molecule has 0 unspecified atom stereocenters. The summed E-state index contributed by atoms with van der Waals surface area (Å²) in [5.41, 5.74) is 3.09. The maximum Gasteiger partial charge on any atom is 0.124 e. The van der Waals surface area contributed by atoms with Crippen LogP contribution in [0.15, 0.2) is 22.7 Å². The molecule has 16 heavy (non-hydrogen) atoms. The van der Waals surface area contributed by atoms with Crippen LogP contribution < -0.4 is 0 Å². The van der Waals surface area contributed by atoms with Crippen molar-refractivity contribution in [2.45, 2.75) is 20.5 Å². The topological polar surface area (TPSA) is 33.1 Å². The van der Waals surface area contributed by atoms with Crippen LogP contribution in [0.5, 0.6) is 0 Å². The number of hydrogen-bond donors (Lipinski definition) is 1. The Balaban J connectivity index is 2.54. The second kappa shape index (κ2) is 4.65. The standard InChI is InChI=1S/C12H12BrNOS/c1-7-9(4-3-5-10(7)13)12-14-11(6-15)8(2)16-12/h3-5,15H,6H2,1-2H3.